The zero-order valence-electron chi connectivity index (χ0n) is 11.0. The summed E-state index contributed by atoms with van der Waals surface area (Å²) in [7, 11) is 0. The Hall–Kier alpha value is -2.58. The van der Waals surface area contributed by atoms with Crippen molar-refractivity contribution in [2.45, 2.75) is 12.4 Å². The SMILES string of the molecule is O=C(c1cc2c(C(F)(F)F)[nH]nc2c2ccccc12)C(F)(F)F. The van der Waals surface area contributed by atoms with Gasteiger partial charge in [-0.3, -0.25) is 9.89 Å². The van der Waals surface area contributed by atoms with Gasteiger partial charge in [0.05, 0.1) is 0 Å². The third-order valence-corrected chi connectivity index (χ3v) is 3.35. The van der Waals surface area contributed by atoms with Crippen molar-refractivity contribution in [1.82, 2.24) is 10.2 Å². The average molecular weight is 332 g/mol. The molecule has 23 heavy (non-hydrogen) atoms. The summed E-state index contributed by atoms with van der Waals surface area (Å²) in [5, 5.41) is 4.66. The largest absolute Gasteiger partial charge is 0.454 e. The summed E-state index contributed by atoms with van der Waals surface area (Å²) in [6.45, 7) is 0. The summed E-state index contributed by atoms with van der Waals surface area (Å²) < 4.78 is 77.0. The van der Waals surface area contributed by atoms with Gasteiger partial charge in [-0.05, 0) is 11.5 Å². The molecule has 1 heterocycles. The Morgan fingerprint density at radius 2 is 1.57 bits per heavy atom. The Kier molecular flexibility index (Phi) is 3.13. The molecule has 0 saturated heterocycles. The lowest BCUT2D eigenvalue weighted by atomic mass is 9.97. The number of carbonyl (C=O) groups excluding carboxylic acids is 1. The van der Waals surface area contributed by atoms with Crippen molar-refractivity contribution in [2.75, 3.05) is 0 Å². The zero-order chi connectivity index (χ0) is 17.0. The number of ketones is 1. The van der Waals surface area contributed by atoms with E-state index >= 15 is 0 Å². The number of fused-ring (bicyclic) bond motifs is 3. The number of halogens is 6. The maximum absolute atomic E-state index is 12.9. The van der Waals surface area contributed by atoms with E-state index in [1.807, 2.05) is 0 Å². The van der Waals surface area contributed by atoms with Crippen molar-refractivity contribution in [3.63, 3.8) is 0 Å². The number of rotatable bonds is 1. The fraction of sp³-hybridized carbons (Fsp3) is 0.143. The van der Waals surface area contributed by atoms with E-state index < -0.39 is 34.8 Å². The predicted octanol–water partition coefficient (Wildman–Crippen LogP) is 4.48. The highest BCUT2D eigenvalue weighted by Crippen LogP contribution is 2.38. The third-order valence-electron chi connectivity index (χ3n) is 3.35. The molecule has 0 unspecified atom stereocenters. The van der Waals surface area contributed by atoms with Crippen LogP contribution in [-0.2, 0) is 6.18 Å². The molecule has 3 nitrogen and oxygen atoms in total. The normalized spacial score (nSPS) is 13.0. The van der Waals surface area contributed by atoms with Crippen molar-refractivity contribution in [2.24, 2.45) is 0 Å². The van der Waals surface area contributed by atoms with Gasteiger partial charge in [-0.15, -0.1) is 0 Å². The third kappa shape index (κ3) is 2.41. The summed E-state index contributed by atoms with van der Waals surface area (Å²) in [4.78, 5) is 11.6. The number of H-pyrrole nitrogens is 1. The number of carbonyl (C=O) groups is 1. The van der Waals surface area contributed by atoms with Gasteiger partial charge in [-0.1, -0.05) is 24.3 Å². The number of hydrogen-bond donors (Lipinski definition) is 1. The highest BCUT2D eigenvalue weighted by molar-refractivity contribution is 6.18. The first-order chi connectivity index (χ1) is 10.6. The van der Waals surface area contributed by atoms with Gasteiger partial charge in [-0.25, -0.2) is 0 Å². The molecule has 0 aliphatic carbocycles. The van der Waals surface area contributed by atoms with E-state index in [1.165, 1.54) is 24.3 Å². The number of aromatic nitrogens is 2. The zero-order valence-corrected chi connectivity index (χ0v) is 11.0. The number of alkyl halides is 6. The number of hydrogen-bond acceptors (Lipinski definition) is 2. The van der Waals surface area contributed by atoms with E-state index in [0.717, 1.165) is 0 Å². The summed E-state index contributed by atoms with van der Waals surface area (Å²) in [5.41, 5.74) is -2.28. The summed E-state index contributed by atoms with van der Waals surface area (Å²) in [6.07, 6.45) is -10.0. The van der Waals surface area contributed by atoms with Gasteiger partial charge in [0, 0.05) is 16.3 Å². The van der Waals surface area contributed by atoms with Gasteiger partial charge in [0.2, 0.25) is 0 Å². The number of benzene rings is 2. The second-order valence-electron chi connectivity index (χ2n) is 4.79. The Balaban J connectivity index is 2.45. The fourth-order valence-corrected chi connectivity index (χ4v) is 2.40. The highest BCUT2D eigenvalue weighted by Gasteiger charge is 2.41. The lowest BCUT2D eigenvalue weighted by molar-refractivity contribution is -0.139. The topological polar surface area (TPSA) is 45.8 Å². The van der Waals surface area contributed by atoms with Crippen LogP contribution in [0.3, 0.4) is 0 Å². The Morgan fingerprint density at radius 1 is 0.957 bits per heavy atom. The minimum atomic E-state index is -5.20. The second-order valence-corrected chi connectivity index (χ2v) is 4.79. The van der Waals surface area contributed by atoms with Crippen LogP contribution in [0, 0.1) is 0 Å². The van der Waals surface area contributed by atoms with Gasteiger partial charge in [-0.2, -0.15) is 31.4 Å². The van der Waals surface area contributed by atoms with Crippen LogP contribution in [0.5, 0.6) is 0 Å². The molecule has 0 aliphatic rings. The molecule has 0 atom stereocenters. The van der Waals surface area contributed by atoms with E-state index in [9.17, 15) is 31.1 Å². The molecule has 0 fully saturated rings. The molecule has 120 valence electrons. The standard InChI is InChI=1S/C14H6F6N2O/c15-13(16,17)11-9-5-8(12(23)14(18,19)20)6-3-1-2-4-7(6)10(9)21-22-11/h1-5H,(H,21,22). The minimum Gasteiger partial charge on any atom is -0.284 e. The fourth-order valence-electron chi connectivity index (χ4n) is 2.40. The van der Waals surface area contributed by atoms with Crippen LogP contribution in [0.2, 0.25) is 0 Å². The first kappa shape index (κ1) is 15.3. The number of Topliss-reactive ketones (excluding diaryl/α,β-unsaturated/α-hetero) is 1. The van der Waals surface area contributed by atoms with E-state index in [0.29, 0.717) is 6.07 Å². The highest BCUT2D eigenvalue weighted by atomic mass is 19.4. The quantitative estimate of drug-likeness (QED) is 0.527. The second kappa shape index (κ2) is 4.71. The molecule has 0 saturated carbocycles. The van der Waals surface area contributed by atoms with Crippen molar-refractivity contribution < 1.29 is 31.1 Å². The van der Waals surface area contributed by atoms with Gasteiger partial charge in [0.15, 0.2) is 0 Å². The van der Waals surface area contributed by atoms with Crippen molar-refractivity contribution in [1.29, 1.82) is 0 Å². The number of nitrogens with one attached hydrogen (secondary N) is 1. The Labute approximate surface area is 123 Å². The van der Waals surface area contributed by atoms with Crippen LogP contribution < -0.4 is 0 Å². The molecule has 0 amide bonds. The molecule has 3 aromatic rings. The Bertz CT molecular complexity index is 923. The lowest BCUT2D eigenvalue weighted by Gasteiger charge is -2.10. The molecule has 3 rings (SSSR count). The average Bonchev–Trinajstić information content (AvgIpc) is 2.88. The summed E-state index contributed by atoms with van der Waals surface area (Å²) in [5.74, 6) is -2.20. The Morgan fingerprint density at radius 3 is 2.13 bits per heavy atom. The monoisotopic (exact) mass is 332 g/mol. The van der Waals surface area contributed by atoms with Crippen molar-refractivity contribution >= 4 is 27.5 Å². The maximum atomic E-state index is 12.9. The van der Waals surface area contributed by atoms with Gasteiger partial charge >= 0.3 is 12.4 Å². The number of nitrogens with zero attached hydrogens (tertiary/aromatic N) is 1. The van der Waals surface area contributed by atoms with Crippen LogP contribution in [0.4, 0.5) is 26.3 Å². The minimum absolute atomic E-state index is 0.0318. The first-order valence-electron chi connectivity index (χ1n) is 6.19. The maximum Gasteiger partial charge on any atom is 0.454 e. The van der Waals surface area contributed by atoms with E-state index in [2.05, 4.69) is 5.10 Å². The molecule has 0 aliphatic heterocycles. The molecule has 0 bridgehead atoms. The van der Waals surface area contributed by atoms with E-state index in [-0.39, 0.29) is 16.3 Å². The molecular formula is C14H6F6N2O. The molecule has 9 heteroatoms. The van der Waals surface area contributed by atoms with Crippen LogP contribution >= 0.6 is 0 Å². The molecule has 1 aromatic heterocycles. The van der Waals surface area contributed by atoms with Crippen molar-refractivity contribution in [3.8, 4) is 0 Å². The van der Waals surface area contributed by atoms with E-state index in [1.54, 1.807) is 5.10 Å². The summed E-state index contributed by atoms with van der Waals surface area (Å²) >= 11 is 0. The lowest BCUT2D eigenvalue weighted by Crippen LogP contribution is -2.23. The predicted molar refractivity (Wildman–Crippen MR) is 69.0 cm³/mol. The van der Waals surface area contributed by atoms with Crippen molar-refractivity contribution in [3.05, 3.63) is 41.6 Å². The summed E-state index contributed by atoms with van der Waals surface area (Å²) in [6, 6.07) is 5.95. The van der Waals surface area contributed by atoms with Gasteiger partial charge < -0.3 is 0 Å². The van der Waals surface area contributed by atoms with Crippen LogP contribution in [0.1, 0.15) is 16.1 Å². The van der Waals surface area contributed by atoms with Crippen LogP contribution in [-0.4, -0.2) is 22.2 Å². The van der Waals surface area contributed by atoms with Gasteiger partial charge in [0.25, 0.3) is 5.78 Å². The van der Waals surface area contributed by atoms with E-state index in [4.69, 9.17) is 0 Å². The molecular weight excluding hydrogens is 326 g/mol. The molecule has 0 spiro atoms. The smallest absolute Gasteiger partial charge is 0.284 e. The van der Waals surface area contributed by atoms with Crippen LogP contribution in [0.15, 0.2) is 30.3 Å². The van der Waals surface area contributed by atoms with Crippen LogP contribution in [0.25, 0.3) is 21.7 Å². The molecule has 2 aromatic carbocycles. The molecule has 0 radical (unpaired) electrons. The van der Waals surface area contributed by atoms with Gasteiger partial charge in [0.1, 0.15) is 11.2 Å². The number of aromatic amines is 1. The first-order valence-corrected chi connectivity index (χ1v) is 6.19. The molecule has 1 N–H and O–H groups in total.